The number of hydrogen-bond donors (Lipinski definition) is 2. The lowest BCUT2D eigenvalue weighted by Gasteiger charge is -2.25. The summed E-state index contributed by atoms with van der Waals surface area (Å²) in [5.41, 5.74) is 6.17. The molecule has 2 atom stereocenters. The standard InChI is InChI=1S/C17H24F3N3O3/c1-10-7-6-8-14(11(10)2)26-13(4)16(25)22-21-15(24)12(3)23(5)9-17(18,19)20/h6-8,12-13H,9H2,1-5H3,(H,21,24)(H,22,25)/t12-,13+/m1/s1. The van der Waals surface area contributed by atoms with Gasteiger partial charge in [-0.1, -0.05) is 12.1 Å². The van der Waals surface area contributed by atoms with E-state index in [0.29, 0.717) is 5.75 Å². The van der Waals surface area contributed by atoms with Gasteiger partial charge in [-0.2, -0.15) is 13.2 Å². The number of ether oxygens (including phenoxy) is 1. The Hall–Kier alpha value is -2.29. The number of aryl methyl sites for hydroxylation is 1. The SMILES string of the molecule is Cc1cccc(O[C@@H](C)C(=O)NNC(=O)[C@@H](C)N(C)CC(F)(F)F)c1C. The van der Waals surface area contributed by atoms with E-state index in [9.17, 15) is 22.8 Å². The third kappa shape index (κ3) is 6.55. The van der Waals surface area contributed by atoms with Crippen molar-refractivity contribution in [2.45, 2.75) is 46.0 Å². The van der Waals surface area contributed by atoms with Crippen molar-refractivity contribution in [1.29, 1.82) is 0 Å². The number of carbonyl (C=O) groups excluding carboxylic acids is 2. The number of amides is 2. The summed E-state index contributed by atoms with van der Waals surface area (Å²) in [6.07, 6.45) is -5.32. The van der Waals surface area contributed by atoms with Crippen molar-refractivity contribution < 1.29 is 27.5 Å². The topological polar surface area (TPSA) is 70.7 Å². The van der Waals surface area contributed by atoms with E-state index in [1.807, 2.05) is 19.9 Å². The smallest absolute Gasteiger partial charge is 0.401 e. The zero-order valence-electron chi connectivity index (χ0n) is 15.4. The summed E-state index contributed by atoms with van der Waals surface area (Å²) in [6.45, 7) is 5.34. The van der Waals surface area contributed by atoms with Crippen molar-refractivity contribution in [2.24, 2.45) is 0 Å². The van der Waals surface area contributed by atoms with E-state index in [1.54, 1.807) is 12.1 Å². The zero-order chi connectivity index (χ0) is 20.1. The molecular formula is C17H24F3N3O3. The molecule has 0 unspecified atom stereocenters. The molecule has 0 radical (unpaired) electrons. The summed E-state index contributed by atoms with van der Waals surface area (Å²) >= 11 is 0. The number of hydrazine groups is 1. The number of hydrogen-bond acceptors (Lipinski definition) is 4. The van der Waals surface area contributed by atoms with Crippen molar-refractivity contribution in [3.05, 3.63) is 29.3 Å². The van der Waals surface area contributed by atoms with Crippen LogP contribution < -0.4 is 15.6 Å². The van der Waals surface area contributed by atoms with Gasteiger partial charge >= 0.3 is 6.18 Å². The molecular weight excluding hydrogens is 351 g/mol. The van der Waals surface area contributed by atoms with Gasteiger partial charge < -0.3 is 4.74 Å². The number of likely N-dealkylation sites (N-methyl/N-ethyl adjacent to an activating group) is 1. The van der Waals surface area contributed by atoms with Gasteiger partial charge in [0.15, 0.2) is 6.10 Å². The minimum absolute atomic E-state index is 0.539. The van der Waals surface area contributed by atoms with Crippen LogP contribution in [0.15, 0.2) is 18.2 Å². The first-order chi connectivity index (χ1) is 11.9. The number of nitrogens with zero attached hydrogens (tertiary/aromatic N) is 1. The van der Waals surface area contributed by atoms with E-state index >= 15 is 0 Å². The van der Waals surface area contributed by atoms with Crippen molar-refractivity contribution in [1.82, 2.24) is 15.8 Å². The number of halogens is 3. The molecule has 1 rings (SSSR count). The highest BCUT2D eigenvalue weighted by Gasteiger charge is 2.32. The van der Waals surface area contributed by atoms with Crippen LogP contribution in [0.4, 0.5) is 13.2 Å². The second kappa shape index (κ2) is 8.88. The van der Waals surface area contributed by atoms with E-state index in [0.717, 1.165) is 16.0 Å². The Kier molecular flexibility index (Phi) is 7.43. The van der Waals surface area contributed by atoms with Gasteiger partial charge in [-0.25, -0.2) is 0 Å². The second-order valence-corrected chi connectivity index (χ2v) is 6.14. The van der Waals surface area contributed by atoms with E-state index in [-0.39, 0.29) is 0 Å². The molecule has 0 saturated heterocycles. The second-order valence-electron chi connectivity index (χ2n) is 6.14. The van der Waals surface area contributed by atoms with Crippen molar-refractivity contribution in [2.75, 3.05) is 13.6 Å². The first kappa shape index (κ1) is 21.8. The number of carbonyl (C=O) groups is 2. The Morgan fingerprint density at radius 1 is 1.15 bits per heavy atom. The fraction of sp³-hybridized carbons (Fsp3) is 0.529. The molecule has 146 valence electrons. The minimum atomic E-state index is -4.42. The molecule has 26 heavy (non-hydrogen) atoms. The molecule has 0 saturated carbocycles. The molecule has 0 heterocycles. The molecule has 2 amide bonds. The van der Waals surface area contributed by atoms with Gasteiger partial charge in [0.25, 0.3) is 11.8 Å². The van der Waals surface area contributed by atoms with Crippen LogP contribution in [-0.4, -0.2) is 48.6 Å². The molecule has 0 spiro atoms. The molecule has 1 aromatic rings. The Labute approximate surface area is 150 Å². The minimum Gasteiger partial charge on any atom is -0.481 e. The highest BCUT2D eigenvalue weighted by atomic mass is 19.4. The zero-order valence-corrected chi connectivity index (χ0v) is 15.4. The molecule has 0 aromatic heterocycles. The Morgan fingerprint density at radius 2 is 1.73 bits per heavy atom. The monoisotopic (exact) mass is 375 g/mol. The molecule has 9 heteroatoms. The van der Waals surface area contributed by atoms with Crippen LogP contribution in [0.25, 0.3) is 0 Å². The third-order valence-corrected chi connectivity index (χ3v) is 4.01. The predicted molar refractivity (Wildman–Crippen MR) is 90.4 cm³/mol. The third-order valence-electron chi connectivity index (χ3n) is 4.01. The summed E-state index contributed by atoms with van der Waals surface area (Å²) in [5.74, 6) is -0.841. The lowest BCUT2D eigenvalue weighted by Crippen LogP contribution is -2.53. The summed E-state index contributed by atoms with van der Waals surface area (Å²) < 4.78 is 42.6. The molecule has 6 nitrogen and oxygen atoms in total. The van der Waals surface area contributed by atoms with Gasteiger partial charge in [-0.15, -0.1) is 0 Å². The number of alkyl halides is 3. The lowest BCUT2D eigenvalue weighted by molar-refractivity contribution is -0.152. The van der Waals surface area contributed by atoms with Gasteiger partial charge in [0.05, 0.1) is 12.6 Å². The van der Waals surface area contributed by atoms with E-state index in [4.69, 9.17) is 4.74 Å². The number of nitrogens with one attached hydrogen (secondary N) is 2. The van der Waals surface area contributed by atoms with Crippen molar-refractivity contribution >= 4 is 11.8 Å². The maximum absolute atomic E-state index is 12.4. The van der Waals surface area contributed by atoms with E-state index in [2.05, 4.69) is 10.9 Å². The Morgan fingerprint density at radius 3 is 2.31 bits per heavy atom. The first-order valence-electron chi connectivity index (χ1n) is 8.02. The largest absolute Gasteiger partial charge is 0.481 e. The fourth-order valence-corrected chi connectivity index (χ4v) is 2.04. The number of rotatable bonds is 6. The first-order valence-corrected chi connectivity index (χ1v) is 8.02. The van der Waals surface area contributed by atoms with Crippen molar-refractivity contribution in [3.8, 4) is 5.75 Å². The predicted octanol–water partition coefficient (Wildman–Crippen LogP) is 2.10. The normalized spacial score (nSPS) is 13.9. The molecule has 0 aliphatic heterocycles. The van der Waals surface area contributed by atoms with Gasteiger partial charge in [-0.05, 0) is 51.9 Å². The maximum Gasteiger partial charge on any atom is 0.401 e. The summed E-state index contributed by atoms with van der Waals surface area (Å²) in [7, 11) is 1.17. The molecule has 2 N–H and O–H groups in total. The highest BCUT2D eigenvalue weighted by Crippen LogP contribution is 2.21. The van der Waals surface area contributed by atoms with E-state index in [1.165, 1.54) is 20.9 Å². The summed E-state index contributed by atoms with van der Waals surface area (Å²) in [5, 5.41) is 0. The van der Waals surface area contributed by atoms with Crippen LogP contribution in [-0.2, 0) is 9.59 Å². The Bertz CT molecular complexity index is 650. The average Bonchev–Trinajstić information content (AvgIpc) is 2.54. The van der Waals surface area contributed by atoms with Gasteiger partial charge in [0.1, 0.15) is 5.75 Å². The van der Waals surface area contributed by atoms with Crippen LogP contribution >= 0.6 is 0 Å². The highest BCUT2D eigenvalue weighted by molar-refractivity contribution is 5.86. The van der Waals surface area contributed by atoms with Crippen molar-refractivity contribution in [3.63, 3.8) is 0 Å². The quantitative estimate of drug-likeness (QED) is 0.747. The fourth-order valence-electron chi connectivity index (χ4n) is 2.04. The summed E-state index contributed by atoms with van der Waals surface area (Å²) in [6, 6.07) is 4.35. The molecule has 0 bridgehead atoms. The summed E-state index contributed by atoms with van der Waals surface area (Å²) in [4.78, 5) is 24.7. The van der Waals surface area contributed by atoms with Gasteiger partial charge in [-0.3, -0.25) is 25.3 Å². The number of benzene rings is 1. The molecule has 0 aliphatic carbocycles. The average molecular weight is 375 g/mol. The van der Waals surface area contributed by atoms with Crippen LogP contribution in [0, 0.1) is 13.8 Å². The Balaban J connectivity index is 2.54. The van der Waals surface area contributed by atoms with Gasteiger partial charge in [0.2, 0.25) is 0 Å². The van der Waals surface area contributed by atoms with E-state index < -0.39 is 36.7 Å². The molecule has 0 fully saturated rings. The lowest BCUT2D eigenvalue weighted by atomic mass is 10.1. The molecule has 1 aromatic carbocycles. The maximum atomic E-state index is 12.4. The van der Waals surface area contributed by atoms with Gasteiger partial charge in [0, 0.05) is 0 Å². The van der Waals surface area contributed by atoms with Crippen LogP contribution in [0.3, 0.4) is 0 Å². The van der Waals surface area contributed by atoms with Crippen LogP contribution in [0.2, 0.25) is 0 Å². The van der Waals surface area contributed by atoms with Crippen LogP contribution in [0.1, 0.15) is 25.0 Å². The van der Waals surface area contributed by atoms with Crippen LogP contribution in [0.5, 0.6) is 5.75 Å². The molecule has 0 aliphatic rings.